The summed E-state index contributed by atoms with van der Waals surface area (Å²) in [5.41, 5.74) is 0. The van der Waals surface area contributed by atoms with Crippen LogP contribution in [0.15, 0.2) is 18.2 Å². The SMILES string of the molecule is Clc1cccc(Cl)c1OCCOCCCCBr. The monoisotopic (exact) mass is 340 g/mol. The Morgan fingerprint density at radius 1 is 1.00 bits per heavy atom. The number of alkyl halides is 1. The van der Waals surface area contributed by atoms with Gasteiger partial charge in [0.05, 0.1) is 16.7 Å². The summed E-state index contributed by atoms with van der Waals surface area (Å²) in [4.78, 5) is 0. The molecule has 17 heavy (non-hydrogen) atoms. The fourth-order valence-electron chi connectivity index (χ4n) is 1.22. The first kappa shape index (κ1) is 15.1. The lowest BCUT2D eigenvalue weighted by Gasteiger charge is -2.09. The zero-order chi connectivity index (χ0) is 12.5. The minimum atomic E-state index is 0.456. The van der Waals surface area contributed by atoms with E-state index in [1.807, 2.05) is 0 Å². The van der Waals surface area contributed by atoms with Crippen LogP contribution in [-0.2, 0) is 4.74 Å². The molecule has 1 aromatic rings. The zero-order valence-corrected chi connectivity index (χ0v) is 12.5. The molecule has 0 aliphatic carbocycles. The molecule has 0 saturated carbocycles. The molecule has 0 atom stereocenters. The maximum Gasteiger partial charge on any atom is 0.156 e. The Morgan fingerprint density at radius 2 is 1.71 bits per heavy atom. The molecule has 0 bridgehead atoms. The normalized spacial score (nSPS) is 10.5. The third-order valence-corrected chi connectivity index (χ3v) is 3.22. The highest BCUT2D eigenvalue weighted by Gasteiger charge is 2.05. The molecule has 1 rings (SSSR count). The van der Waals surface area contributed by atoms with Crippen LogP contribution in [-0.4, -0.2) is 25.2 Å². The predicted octanol–water partition coefficient (Wildman–Crippen LogP) is 4.56. The summed E-state index contributed by atoms with van der Waals surface area (Å²) in [6, 6.07) is 5.29. The van der Waals surface area contributed by atoms with E-state index in [9.17, 15) is 0 Å². The maximum atomic E-state index is 5.96. The van der Waals surface area contributed by atoms with Gasteiger partial charge in [-0.3, -0.25) is 0 Å². The summed E-state index contributed by atoms with van der Waals surface area (Å²) in [5.74, 6) is 0.528. The van der Waals surface area contributed by atoms with Crippen LogP contribution < -0.4 is 4.74 Å². The third-order valence-electron chi connectivity index (χ3n) is 2.07. The van der Waals surface area contributed by atoms with Gasteiger partial charge in [-0.25, -0.2) is 0 Å². The molecular weight excluding hydrogens is 327 g/mol. The van der Waals surface area contributed by atoms with Crippen molar-refractivity contribution in [2.75, 3.05) is 25.2 Å². The van der Waals surface area contributed by atoms with Crippen LogP contribution in [0.3, 0.4) is 0 Å². The van der Waals surface area contributed by atoms with E-state index in [4.69, 9.17) is 32.7 Å². The van der Waals surface area contributed by atoms with Crippen LogP contribution in [0.2, 0.25) is 10.0 Å². The lowest BCUT2D eigenvalue weighted by atomic mass is 10.3. The molecule has 5 heteroatoms. The van der Waals surface area contributed by atoms with Crippen molar-refractivity contribution >= 4 is 39.1 Å². The van der Waals surface area contributed by atoms with Crippen molar-refractivity contribution in [3.05, 3.63) is 28.2 Å². The van der Waals surface area contributed by atoms with Crippen molar-refractivity contribution < 1.29 is 9.47 Å². The van der Waals surface area contributed by atoms with E-state index >= 15 is 0 Å². The molecule has 2 nitrogen and oxygen atoms in total. The average molecular weight is 342 g/mol. The van der Waals surface area contributed by atoms with Crippen molar-refractivity contribution in [1.82, 2.24) is 0 Å². The summed E-state index contributed by atoms with van der Waals surface area (Å²) in [5, 5.41) is 2.07. The highest BCUT2D eigenvalue weighted by molar-refractivity contribution is 9.09. The Morgan fingerprint density at radius 3 is 2.35 bits per heavy atom. The van der Waals surface area contributed by atoms with Crippen LogP contribution in [0.5, 0.6) is 5.75 Å². The molecule has 0 radical (unpaired) electrons. The number of ether oxygens (including phenoxy) is 2. The largest absolute Gasteiger partial charge is 0.488 e. The van der Waals surface area contributed by atoms with Gasteiger partial charge in [0.1, 0.15) is 6.61 Å². The molecule has 0 aliphatic heterocycles. The van der Waals surface area contributed by atoms with E-state index in [1.54, 1.807) is 18.2 Å². The minimum Gasteiger partial charge on any atom is -0.488 e. The van der Waals surface area contributed by atoms with Crippen LogP contribution in [0.4, 0.5) is 0 Å². The Kier molecular flexibility index (Phi) is 8.02. The number of halogens is 3. The second-order valence-electron chi connectivity index (χ2n) is 3.41. The van der Waals surface area contributed by atoms with E-state index < -0.39 is 0 Å². The van der Waals surface area contributed by atoms with Gasteiger partial charge in [-0.1, -0.05) is 45.2 Å². The smallest absolute Gasteiger partial charge is 0.156 e. The molecule has 0 fully saturated rings. The first-order valence-electron chi connectivity index (χ1n) is 5.46. The standard InChI is InChI=1S/C12H15BrCl2O2/c13-6-1-2-7-16-8-9-17-12-10(14)4-3-5-11(12)15/h3-5H,1-2,6-9H2. The molecule has 0 aliphatic rings. The van der Waals surface area contributed by atoms with E-state index in [0.29, 0.717) is 29.0 Å². The van der Waals surface area contributed by atoms with Gasteiger partial charge < -0.3 is 9.47 Å². The predicted molar refractivity (Wildman–Crippen MR) is 75.8 cm³/mol. The van der Waals surface area contributed by atoms with Crippen molar-refractivity contribution in [2.24, 2.45) is 0 Å². The fourth-order valence-corrected chi connectivity index (χ4v) is 2.13. The highest BCUT2D eigenvalue weighted by Crippen LogP contribution is 2.32. The number of benzene rings is 1. The average Bonchev–Trinajstić information content (AvgIpc) is 2.31. The van der Waals surface area contributed by atoms with E-state index in [1.165, 1.54) is 0 Å². The van der Waals surface area contributed by atoms with Crippen molar-refractivity contribution in [1.29, 1.82) is 0 Å². The van der Waals surface area contributed by atoms with E-state index in [0.717, 1.165) is 24.8 Å². The summed E-state index contributed by atoms with van der Waals surface area (Å²) in [6.45, 7) is 1.76. The highest BCUT2D eigenvalue weighted by atomic mass is 79.9. The first-order valence-corrected chi connectivity index (χ1v) is 7.34. The van der Waals surface area contributed by atoms with E-state index in [2.05, 4.69) is 15.9 Å². The van der Waals surface area contributed by atoms with Gasteiger partial charge in [0.25, 0.3) is 0 Å². The van der Waals surface area contributed by atoms with Crippen molar-refractivity contribution in [3.8, 4) is 5.75 Å². The number of unbranched alkanes of at least 4 members (excludes halogenated alkanes) is 1. The molecule has 96 valence electrons. The van der Waals surface area contributed by atoms with Crippen LogP contribution in [0, 0.1) is 0 Å². The summed E-state index contributed by atoms with van der Waals surface area (Å²) >= 11 is 15.3. The van der Waals surface area contributed by atoms with Gasteiger partial charge in [0.15, 0.2) is 5.75 Å². The van der Waals surface area contributed by atoms with Gasteiger partial charge in [-0.05, 0) is 25.0 Å². The lowest BCUT2D eigenvalue weighted by molar-refractivity contribution is 0.0983. The third kappa shape index (κ3) is 5.96. The van der Waals surface area contributed by atoms with Gasteiger partial charge >= 0.3 is 0 Å². The second-order valence-corrected chi connectivity index (χ2v) is 5.02. The van der Waals surface area contributed by atoms with Crippen LogP contribution in [0.25, 0.3) is 0 Å². The molecule has 0 unspecified atom stereocenters. The number of rotatable bonds is 8. The van der Waals surface area contributed by atoms with Gasteiger partial charge in [0.2, 0.25) is 0 Å². The van der Waals surface area contributed by atoms with Crippen molar-refractivity contribution in [2.45, 2.75) is 12.8 Å². The Balaban J connectivity index is 2.18. The Labute approximate surface area is 120 Å². The number of hydrogen-bond donors (Lipinski definition) is 0. The van der Waals surface area contributed by atoms with E-state index in [-0.39, 0.29) is 0 Å². The van der Waals surface area contributed by atoms with Gasteiger partial charge in [0, 0.05) is 11.9 Å². The molecule has 0 heterocycles. The minimum absolute atomic E-state index is 0.456. The molecule has 1 aromatic carbocycles. The van der Waals surface area contributed by atoms with Gasteiger partial charge in [-0.15, -0.1) is 0 Å². The van der Waals surface area contributed by atoms with Crippen LogP contribution >= 0.6 is 39.1 Å². The molecule has 0 N–H and O–H groups in total. The first-order chi connectivity index (χ1) is 8.25. The molecule has 0 spiro atoms. The maximum absolute atomic E-state index is 5.96. The molecule has 0 saturated heterocycles. The Hall–Kier alpha value is 0.0400. The van der Waals surface area contributed by atoms with Crippen LogP contribution in [0.1, 0.15) is 12.8 Å². The van der Waals surface area contributed by atoms with Gasteiger partial charge in [-0.2, -0.15) is 0 Å². The van der Waals surface area contributed by atoms with Crippen molar-refractivity contribution in [3.63, 3.8) is 0 Å². The number of hydrogen-bond acceptors (Lipinski definition) is 2. The fraction of sp³-hybridized carbons (Fsp3) is 0.500. The quantitative estimate of drug-likeness (QED) is 0.509. The molecular formula is C12H15BrCl2O2. The second kappa shape index (κ2) is 9.03. The summed E-state index contributed by atoms with van der Waals surface area (Å²) < 4.78 is 10.9. The Bertz CT molecular complexity index is 314. The zero-order valence-electron chi connectivity index (χ0n) is 9.43. The number of para-hydroxylation sites is 1. The lowest BCUT2D eigenvalue weighted by Crippen LogP contribution is -2.08. The summed E-state index contributed by atoms with van der Waals surface area (Å²) in [6.07, 6.45) is 2.18. The molecule has 0 amide bonds. The molecule has 0 aromatic heterocycles. The summed E-state index contributed by atoms with van der Waals surface area (Å²) in [7, 11) is 0. The topological polar surface area (TPSA) is 18.5 Å².